The average molecular weight is 322 g/mol. The maximum absolute atomic E-state index is 13.1. The first-order chi connectivity index (χ1) is 10.6. The molecule has 0 atom stereocenters. The Bertz CT molecular complexity index is 680. The average Bonchev–Trinajstić information content (AvgIpc) is 2.96. The first-order valence-electron chi connectivity index (χ1n) is 7.45. The zero-order valence-corrected chi connectivity index (χ0v) is 12.8. The molecule has 0 radical (unpaired) electrons. The molecule has 1 aliphatic carbocycles. The number of nitrogens with one attached hydrogen (secondary N) is 1. The molecule has 0 aliphatic heterocycles. The molecule has 116 valence electrons. The van der Waals surface area contributed by atoms with E-state index in [1.807, 2.05) is 4.68 Å². The molecule has 3 rings (SSSR count). The van der Waals surface area contributed by atoms with Crippen molar-refractivity contribution >= 4 is 23.3 Å². The molecule has 1 N–H and O–H groups in total. The van der Waals surface area contributed by atoms with Gasteiger partial charge in [0.2, 0.25) is 0 Å². The topological polar surface area (TPSA) is 46.9 Å². The van der Waals surface area contributed by atoms with Gasteiger partial charge in [0.25, 0.3) is 5.91 Å². The second-order valence-electron chi connectivity index (χ2n) is 5.53. The fourth-order valence-electron chi connectivity index (χ4n) is 2.89. The number of benzene rings is 1. The standard InChI is InChI=1S/C16H17ClFN3O/c17-14-10-11(18)6-7-13(14)16(22)20-15-8-9-19-21(15)12-4-2-1-3-5-12/h6-10,12H,1-5H2,(H,20,22). The summed E-state index contributed by atoms with van der Waals surface area (Å²) in [5.74, 6) is -0.173. The number of rotatable bonds is 3. The summed E-state index contributed by atoms with van der Waals surface area (Å²) in [6.45, 7) is 0. The van der Waals surface area contributed by atoms with E-state index in [0.717, 1.165) is 18.9 Å². The van der Waals surface area contributed by atoms with Crippen LogP contribution in [0.1, 0.15) is 48.5 Å². The molecule has 1 aliphatic rings. The van der Waals surface area contributed by atoms with Crippen molar-refractivity contribution in [3.05, 3.63) is 46.9 Å². The highest BCUT2D eigenvalue weighted by Gasteiger charge is 2.20. The molecule has 4 nitrogen and oxygen atoms in total. The zero-order chi connectivity index (χ0) is 15.5. The van der Waals surface area contributed by atoms with Crippen LogP contribution in [-0.4, -0.2) is 15.7 Å². The molecule has 1 heterocycles. The van der Waals surface area contributed by atoms with Crippen LogP contribution in [0.2, 0.25) is 5.02 Å². The van der Waals surface area contributed by atoms with Gasteiger partial charge in [-0.15, -0.1) is 0 Å². The van der Waals surface area contributed by atoms with E-state index < -0.39 is 5.82 Å². The molecular formula is C16H17ClFN3O. The van der Waals surface area contributed by atoms with Gasteiger partial charge in [-0.1, -0.05) is 30.9 Å². The van der Waals surface area contributed by atoms with Gasteiger partial charge in [0.1, 0.15) is 11.6 Å². The Balaban J connectivity index is 1.78. The minimum absolute atomic E-state index is 0.0984. The third-order valence-corrected chi connectivity index (χ3v) is 4.32. The number of hydrogen-bond donors (Lipinski definition) is 1. The van der Waals surface area contributed by atoms with Crippen molar-refractivity contribution in [2.75, 3.05) is 5.32 Å². The summed E-state index contributed by atoms with van der Waals surface area (Å²) in [4.78, 5) is 12.3. The van der Waals surface area contributed by atoms with Crippen LogP contribution >= 0.6 is 11.6 Å². The third-order valence-electron chi connectivity index (χ3n) is 4.01. The lowest BCUT2D eigenvalue weighted by Gasteiger charge is -2.23. The highest BCUT2D eigenvalue weighted by atomic mass is 35.5. The van der Waals surface area contributed by atoms with E-state index in [-0.39, 0.29) is 16.5 Å². The van der Waals surface area contributed by atoms with Crippen molar-refractivity contribution in [2.24, 2.45) is 0 Å². The fourth-order valence-corrected chi connectivity index (χ4v) is 3.14. The van der Waals surface area contributed by atoms with Crippen LogP contribution in [0.25, 0.3) is 0 Å². The molecule has 1 fully saturated rings. The summed E-state index contributed by atoms with van der Waals surface area (Å²) in [5.41, 5.74) is 0.250. The molecule has 6 heteroatoms. The van der Waals surface area contributed by atoms with Crippen LogP contribution in [0.15, 0.2) is 30.5 Å². The third kappa shape index (κ3) is 3.14. The van der Waals surface area contributed by atoms with Gasteiger partial charge in [0, 0.05) is 6.07 Å². The first-order valence-corrected chi connectivity index (χ1v) is 7.83. The second kappa shape index (κ2) is 6.48. The van der Waals surface area contributed by atoms with Gasteiger partial charge in [0.05, 0.1) is 22.8 Å². The lowest BCUT2D eigenvalue weighted by atomic mass is 9.96. The monoisotopic (exact) mass is 321 g/mol. The van der Waals surface area contributed by atoms with E-state index in [4.69, 9.17) is 11.6 Å². The highest BCUT2D eigenvalue weighted by molar-refractivity contribution is 6.34. The Kier molecular flexibility index (Phi) is 4.43. The van der Waals surface area contributed by atoms with Crippen LogP contribution < -0.4 is 5.32 Å². The van der Waals surface area contributed by atoms with Crippen LogP contribution in [0, 0.1) is 5.82 Å². The molecule has 1 amide bonds. The zero-order valence-electron chi connectivity index (χ0n) is 12.1. The predicted molar refractivity (Wildman–Crippen MR) is 83.7 cm³/mol. The van der Waals surface area contributed by atoms with Crippen LogP contribution in [0.5, 0.6) is 0 Å². The summed E-state index contributed by atoms with van der Waals surface area (Å²) in [6, 6.07) is 5.83. The summed E-state index contributed by atoms with van der Waals surface area (Å²) in [6.07, 6.45) is 7.44. The van der Waals surface area contributed by atoms with Crippen LogP contribution in [0.4, 0.5) is 10.2 Å². The Morgan fingerprint density at radius 2 is 2.05 bits per heavy atom. The minimum atomic E-state index is -0.464. The maximum Gasteiger partial charge on any atom is 0.258 e. The molecule has 22 heavy (non-hydrogen) atoms. The summed E-state index contributed by atoms with van der Waals surface area (Å²) >= 11 is 5.93. The number of hydrogen-bond acceptors (Lipinski definition) is 2. The number of amides is 1. The van der Waals surface area contributed by atoms with Gasteiger partial charge >= 0.3 is 0 Å². The van der Waals surface area contributed by atoms with Gasteiger partial charge in [-0.2, -0.15) is 5.10 Å². The van der Waals surface area contributed by atoms with Gasteiger partial charge < -0.3 is 5.32 Å². The van der Waals surface area contributed by atoms with Gasteiger partial charge in [-0.3, -0.25) is 4.79 Å². The fraction of sp³-hybridized carbons (Fsp3) is 0.375. The SMILES string of the molecule is O=C(Nc1ccnn1C1CCCCC1)c1ccc(F)cc1Cl. The van der Waals surface area contributed by atoms with Crippen molar-refractivity contribution in [1.82, 2.24) is 9.78 Å². The Morgan fingerprint density at radius 1 is 1.27 bits per heavy atom. The van der Waals surface area contributed by atoms with E-state index >= 15 is 0 Å². The molecule has 0 bridgehead atoms. The van der Waals surface area contributed by atoms with Crippen molar-refractivity contribution in [3.63, 3.8) is 0 Å². The Morgan fingerprint density at radius 3 is 2.77 bits per heavy atom. The normalized spacial score (nSPS) is 15.7. The lowest BCUT2D eigenvalue weighted by Crippen LogP contribution is -2.20. The molecule has 0 spiro atoms. The quantitative estimate of drug-likeness (QED) is 0.908. The molecule has 1 aromatic carbocycles. The van der Waals surface area contributed by atoms with E-state index in [9.17, 15) is 9.18 Å². The predicted octanol–water partition coefficient (Wildman–Crippen LogP) is 4.43. The van der Waals surface area contributed by atoms with Gasteiger partial charge in [0.15, 0.2) is 0 Å². The lowest BCUT2D eigenvalue weighted by molar-refractivity contribution is 0.102. The highest BCUT2D eigenvalue weighted by Crippen LogP contribution is 2.30. The molecule has 0 saturated heterocycles. The minimum Gasteiger partial charge on any atom is -0.307 e. The van der Waals surface area contributed by atoms with Crippen LogP contribution in [0.3, 0.4) is 0 Å². The van der Waals surface area contributed by atoms with Crippen molar-refractivity contribution in [3.8, 4) is 0 Å². The van der Waals surface area contributed by atoms with E-state index in [1.165, 1.54) is 31.4 Å². The van der Waals surface area contributed by atoms with Crippen molar-refractivity contribution in [2.45, 2.75) is 38.1 Å². The Labute approximate surface area is 133 Å². The number of nitrogens with zero attached hydrogens (tertiary/aromatic N) is 2. The largest absolute Gasteiger partial charge is 0.307 e. The van der Waals surface area contributed by atoms with Crippen LogP contribution in [-0.2, 0) is 0 Å². The molecule has 0 unspecified atom stereocenters. The van der Waals surface area contributed by atoms with E-state index in [2.05, 4.69) is 10.4 Å². The van der Waals surface area contributed by atoms with E-state index in [0.29, 0.717) is 11.9 Å². The van der Waals surface area contributed by atoms with Crippen molar-refractivity contribution in [1.29, 1.82) is 0 Å². The molecule has 1 aromatic heterocycles. The number of aromatic nitrogens is 2. The number of halogens is 2. The number of anilines is 1. The second-order valence-corrected chi connectivity index (χ2v) is 5.94. The van der Waals surface area contributed by atoms with E-state index in [1.54, 1.807) is 12.3 Å². The number of carbonyl (C=O) groups excluding carboxylic acids is 1. The smallest absolute Gasteiger partial charge is 0.258 e. The molecule has 1 saturated carbocycles. The summed E-state index contributed by atoms with van der Waals surface area (Å²) in [5, 5.41) is 7.25. The Hall–Kier alpha value is -1.88. The maximum atomic E-state index is 13.1. The number of carbonyl (C=O) groups is 1. The first kappa shape index (κ1) is 15.0. The van der Waals surface area contributed by atoms with Gasteiger partial charge in [-0.05, 0) is 31.0 Å². The van der Waals surface area contributed by atoms with Gasteiger partial charge in [-0.25, -0.2) is 9.07 Å². The molecular weight excluding hydrogens is 305 g/mol. The molecule has 2 aromatic rings. The summed E-state index contributed by atoms with van der Waals surface area (Å²) in [7, 11) is 0. The summed E-state index contributed by atoms with van der Waals surface area (Å²) < 4.78 is 14.9. The van der Waals surface area contributed by atoms with Crippen molar-refractivity contribution < 1.29 is 9.18 Å².